The highest BCUT2D eigenvalue weighted by molar-refractivity contribution is 5.06. The molecule has 0 fully saturated rings. The van der Waals surface area contributed by atoms with Crippen molar-refractivity contribution < 1.29 is 10.2 Å². The van der Waals surface area contributed by atoms with Gasteiger partial charge in [0.05, 0.1) is 0 Å². The molecule has 0 rings (SSSR count). The number of unbranched alkanes of at least 4 members (excludes halogenated alkanes) is 13. The summed E-state index contributed by atoms with van der Waals surface area (Å²) in [4.78, 5) is 0. The standard InChI is InChI=1S/C29H48O2/c1-4-28(30)25-21-17-13-8-6-7-11-15-19-23-27(3)24-20-16-12-9-10-14-18-22-26-29(31)5-2/h1-2,21-22,25-31H,6-20,23-24H2,3H3/b25-21+,26-22+/t27?,28-,29+/m1/s1. The Morgan fingerprint density at radius 1 is 0.581 bits per heavy atom. The Kier molecular flexibility index (Phi) is 22.1. The second kappa shape index (κ2) is 23.2. The molecule has 3 atom stereocenters. The first-order valence-corrected chi connectivity index (χ1v) is 12.7. The van der Waals surface area contributed by atoms with Crippen LogP contribution in [-0.2, 0) is 0 Å². The van der Waals surface area contributed by atoms with E-state index in [2.05, 4.69) is 18.8 Å². The molecule has 176 valence electrons. The highest BCUT2D eigenvalue weighted by Crippen LogP contribution is 2.19. The summed E-state index contributed by atoms with van der Waals surface area (Å²) >= 11 is 0. The summed E-state index contributed by atoms with van der Waals surface area (Å²) in [5, 5.41) is 18.4. The van der Waals surface area contributed by atoms with E-state index in [9.17, 15) is 10.2 Å². The lowest BCUT2D eigenvalue weighted by Gasteiger charge is -2.11. The van der Waals surface area contributed by atoms with Gasteiger partial charge in [0.1, 0.15) is 12.2 Å². The molecule has 0 aliphatic carbocycles. The Morgan fingerprint density at radius 3 is 1.26 bits per heavy atom. The maximum Gasteiger partial charge on any atom is 0.133 e. The third kappa shape index (κ3) is 23.0. The van der Waals surface area contributed by atoms with Crippen LogP contribution in [-0.4, -0.2) is 22.4 Å². The Bertz CT molecular complexity index is 520. The van der Waals surface area contributed by atoms with E-state index in [-0.39, 0.29) is 0 Å². The van der Waals surface area contributed by atoms with Gasteiger partial charge in [0, 0.05) is 0 Å². The van der Waals surface area contributed by atoms with Crippen LogP contribution < -0.4 is 0 Å². The van der Waals surface area contributed by atoms with Crippen molar-refractivity contribution >= 4 is 0 Å². The van der Waals surface area contributed by atoms with E-state index in [1.165, 1.54) is 96.3 Å². The molecule has 0 aromatic heterocycles. The number of terminal acetylenes is 2. The zero-order valence-corrected chi connectivity index (χ0v) is 20.1. The maximum absolute atomic E-state index is 9.22. The molecule has 1 unspecified atom stereocenters. The summed E-state index contributed by atoms with van der Waals surface area (Å²) in [7, 11) is 0. The fourth-order valence-electron chi connectivity index (χ4n) is 3.81. The minimum Gasteiger partial charge on any atom is -0.377 e. The van der Waals surface area contributed by atoms with Crippen molar-refractivity contribution in [2.75, 3.05) is 0 Å². The molecule has 0 saturated carbocycles. The van der Waals surface area contributed by atoms with Crippen LogP contribution in [0, 0.1) is 30.6 Å². The van der Waals surface area contributed by atoms with Crippen LogP contribution in [0.25, 0.3) is 0 Å². The summed E-state index contributed by atoms with van der Waals surface area (Å²) in [6.07, 6.45) is 38.2. The van der Waals surface area contributed by atoms with Gasteiger partial charge in [0.15, 0.2) is 0 Å². The molecule has 0 radical (unpaired) electrons. The largest absolute Gasteiger partial charge is 0.377 e. The molecule has 0 aromatic carbocycles. The molecule has 0 spiro atoms. The summed E-state index contributed by atoms with van der Waals surface area (Å²) in [5.74, 6) is 5.46. The summed E-state index contributed by atoms with van der Waals surface area (Å²) in [6.45, 7) is 2.42. The molecule has 0 aliphatic rings. The van der Waals surface area contributed by atoms with Gasteiger partial charge in [-0.1, -0.05) is 114 Å². The number of aliphatic hydroxyl groups excluding tert-OH is 2. The molecular formula is C29H48O2. The Morgan fingerprint density at radius 2 is 0.903 bits per heavy atom. The van der Waals surface area contributed by atoms with Crippen molar-refractivity contribution in [1.82, 2.24) is 0 Å². The lowest BCUT2D eigenvalue weighted by atomic mass is 9.96. The number of aliphatic hydroxyl groups is 2. The van der Waals surface area contributed by atoms with Gasteiger partial charge in [-0.15, -0.1) is 12.8 Å². The molecule has 31 heavy (non-hydrogen) atoms. The monoisotopic (exact) mass is 428 g/mol. The molecule has 0 aliphatic heterocycles. The van der Waals surface area contributed by atoms with E-state index in [0.717, 1.165) is 18.8 Å². The zero-order valence-electron chi connectivity index (χ0n) is 20.1. The Hall–Kier alpha value is -1.48. The third-order valence-corrected chi connectivity index (χ3v) is 5.86. The first kappa shape index (κ1) is 29.5. The van der Waals surface area contributed by atoms with Crippen LogP contribution in [0.5, 0.6) is 0 Å². The highest BCUT2D eigenvalue weighted by Gasteiger charge is 2.02. The Labute approximate surface area is 193 Å². The average Bonchev–Trinajstić information content (AvgIpc) is 2.78. The van der Waals surface area contributed by atoms with E-state index in [1.54, 1.807) is 12.2 Å². The van der Waals surface area contributed by atoms with Gasteiger partial charge in [0.25, 0.3) is 0 Å². The molecule has 0 heterocycles. The zero-order chi connectivity index (χ0) is 23.0. The van der Waals surface area contributed by atoms with Crippen molar-refractivity contribution in [2.45, 2.75) is 128 Å². The van der Waals surface area contributed by atoms with Gasteiger partial charge in [-0.25, -0.2) is 0 Å². The van der Waals surface area contributed by atoms with Crippen molar-refractivity contribution in [3.05, 3.63) is 24.3 Å². The molecular weight excluding hydrogens is 380 g/mol. The summed E-state index contributed by atoms with van der Waals surface area (Å²) in [5.41, 5.74) is 0. The Balaban J connectivity index is 3.29. The van der Waals surface area contributed by atoms with Gasteiger partial charge in [0.2, 0.25) is 0 Å². The van der Waals surface area contributed by atoms with Crippen molar-refractivity contribution in [1.29, 1.82) is 0 Å². The van der Waals surface area contributed by atoms with E-state index in [1.807, 2.05) is 12.2 Å². The van der Waals surface area contributed by atoms with E-state index >= 15 is 0 Å². The summed E-state index contributed by atoms with van der Waals surface area (Å²) < 4.78 is 0. The summed E-state index contributed by atoms with van der Waals surface area (Å²) in [6, 6.07) is 0. The second-order valence-electron chi connectivity index (χ2n) is 8.94. The number of rotatable bonds is 21. The highest BCUT2D eigenvalue weighted by atomic mass is 16.3. The number of allylic oxidation sites excluding steroid dienone is 2. The van der Waals surface area contributed by atoms with E-state index in [4.69, 9.17) is 12.8 Å². The van der Waals surface area contributed by atoms with Crippen LogP contribution in [0.2, 0.25) is 0 Å². The van der Waals surface area contributed by atoms with Crippen LogP contribution in [0.1, 0.15) is 116 Å². The normalized spacial score (nSPS) is 14.5. The van der Waals surface area contributed by atoms with Gasteiger partial charge >= 0.3 is 0 Å². The quantitative estimate of drug-likeness (QED) is 0.114. The SMILES string of the molecule is C#C[C@@H](O)/C=C/CCCCCCCCCC(C)CCCCCCCC/C=C/[C@@H](O)C#C. The number of hydrogen-bond donors (Lipinski definition) is 2. The van der Waals surface area contributed by atoms with Gasteiger partial charge in [-0.2, -0.15) is 0 Å². The first-order valence-electron chi connectivity index (χ1n) is 12.7. The van der Waals surface area contributed by atoms with Crippen LogP contribution in [0.3, 0.4) is 0 Å². The fourth-order valence-corrected chi connectivity index (χ4v) is 3.81. The van der Waals surface area contributed by atoms with Gasteiger partial charge < -0.3 is 10.2 Å². The van der Waals surface area contributed by atoms with E-state index in [0.29, 0.717) is 0 Å². The predicted octanol–water partition coefficient (Wildman–Crippen LogP) is 7.35. The van der Waals surface area contributed by atoms with E-state index < -0.39 is 12.2 Å². The first-order chi connectivity index (χ1) is 15.1. The molecule has 0 bridgehead atoms. The van der Waals surface area contributed by atoms with Gasteiger partial charge in [-0.3, -0.25) is 0 Å². The number of hydrogen-bond acceptors (Lipinski definition) is 2. The van der Waals surface area contributed by atoms with Crippen molar-refractivity contribution in [2.24, 2.45) is 5.92 Å². The lowest BCUT2D eigenvalue weighted by Crippen LogP contribution is -1.95. The van der Waals surface area contributed by atoms with Crippen molar-refractivity contribution in [3.8, 4) is 24.7 Å². The fraction of sp³-hybridized carbons (Fsp3) is 0.724. The van der Waals surface area contributed by atoms with Crippen LogP contribution >= 0.6 is 0 Å². The molecule has 0 aromatic rings. The minimum atomic E-state index is -0.720. The predicted molar refractivity (Wildman–Crippen MR) is 136 cm³/mol. The van der Waals surface area contributed by atoms with Crippen molar-refractivity contribution in [3.63, 3.8) is 0 Å². The smallest absolute Gasteiger partial charge is 0.133 e. The molecule has 0 amide bonds. The third-order valence-electron chi connectivity index (χ3n) is 5.86. The average molecular weight is 429 g/mol. The lowest BCUT2D eigenvalue weighted by molar-refractivity contribution is 0.280. The molecule has 0 saturated heterocycles. The molecule has 2 nitrogen and oxygen atoms in total. The maximum atomic E-state index is 9.22. The second-order valence-corrected chi connectivity index (χ2v) is 8.94. The molecule has 2 heteroatoms. The minimum absolute atomic E-state index is 0.720. The topological polar surface area (TPSA) is 40.5 Å². The van der Waals surface area contributed by atoms with Gasteiger partial charge in [-0.05, 0) is 43.8 Å². The van der Waals surface area contributed by atoms with Crippen LogP contribution in [0.15, 0.2) is 24.3 Å². The van der Waals surface area contributed by atoms with Crippen LogP contribution in [0.4, 0.5) is 0 Å². The molecule has 2 N–H and O–H groups in total.